The summed E-state index contributed by atoms with van der Waals surface area (Å²) in [6.45, 7) is 5.96. The second kappa shape index (κ2) is 8.87. The highest BCUT2D eigenvalue weighted by atomic mass is 35.5. The van der Waals surface area contributed by atoms with Gasteiger partial charge < -0.3 is 9.73 Å². The maximum Gasteiger partial charge on any atom is 0.228 e. The molecule has 1 aromatic carbocycles. The van der Waals surface area contributed by atoms with Crippen LogP contribution in [0.2, 0.25) is 5.02 Å². The van der Waals surface area contributed by atoms with E-state index in [-0.39, 0.29) is 23.0 Å². The number of nitrogens with zero attached hydrogens (tertiary/aromatic N) is 2. The van der Waals surface area contributed by atoms with Crippen LogP contribution >= 0.6 is 11.6 Å². The Bertz CT molecular complexity index is 1160. The molecule has 32 heavy (non-hydrogen) atoms. The van der Waals surface area contributed by atoms with E-state index in [1.54, 1.807) is 6.20 Å². The summed E-state index contributed by atoms with van der Waals surface area (Å²) in [6, 6.07) is 9.47. The third-order valence-corrected chi connectivity index (χ3v) is 5.75. The van der Waals surface area contributed by atoms with Gasteiger partial charge in [0.2, 0.25) is 5.91 Å². The third kappa shape index (κ3) is 5.25. The van der Waals surface area contributed by atoms with Crippen molar-refractivity contribution in [3.8, 4) is 11.1 Å². The fourth-order valence-corrected chi connectivity index (χ4v) is 3.58. The molecular weight excluding hydrogens is 426 g/mol. The lowest BCUT2D eigenvalue weighted by Gasteiger charge is -2.11. The lowest BCUT2D eigenvalue weighted by Crippen LogP contribution is -2.14. The zero-order chi connectivity index (χ0) is 22.9. The van der Waals surface area contributed by atoms with Crippen LogP contribution in [-0.4, -0.2) is 21.7 Å². The van der Waals surface area contributed by atoms with Crippen LogP contribution in [-0.2, 0) is 16.6 Å². The molecule has 1 amide bonds. The molecule has 0 aliphatic heterocycles. The predicted molar refractivity (Wildman–Crippen MR) is 124 cm³/mol. The summed E-state index contributed by atoms with van der Waals surface area (Å²) < 4.78 is 5.45. The van der Waals surface area contributed by atoms with E-state index in [1.165, 1.54) is 6.26 Å². The number of aromatic nitrogens is 2. The molecule has 7 heteroatoms. The van der Waals surface area contributed by atoms with Gasteiger partial charge in [0.05, 0.1) is 0 Å². The normalized spacial score (nSPS) is 13.8. The van der Waals surface area contributed by atoms with Gasteiger partial charge in [-0.05, 0) is 54.2 Å². The Balaban J connectivity index is 1.41. The molecule has 6 nitrogen and oxygen atoms in total. The van der Waals surface area contributed by atoms with Gasteiger partial charge in [-0.15, -0.1) is 0 Å². The van der Waals surface area contributed by atoms with Crippen LogP contribution in [0.1, 0.15) is 62.0 Å². The van der Waals surface area contributed by atoms with E-state index in [0.717, 1.165) is 29.5 Å². The number of ketones is 1. The number of benzene rings is 1. The van der Waals surface area contributed by atoms with Gasteiger partial charge in [0, 0.05) is 29.0 Å². The third-order valence-electron chi connectivity index (χ3n) is 5.40. The smallest absolute Gasteiger partial charge is 0.228 e. The number of pyridine rings is 1. The molecule has 1 saturated carbocycles. The molecule has 1 aliphatic rings. The van der Waals surface area contributed by atoms with Gasteiger partial charge in [0.15, 0.2) is 11.7 Å². The van der Waals surface area contributed by atoms with Crippen molar-refractivity contribution in [1.29, 1.82) is 0 Å². The van der Waals surface area contributed by atoms with E-state index >= 15 is 0 Å². The van der Waals surface area contributed by atoms with Crippen LogP contribution in [0.3, 0.4) is 0 Å². The summed E-state index contributed by atoms with van der Waals surface area (Å²) in [6.07, 6.45) is 5.79. The number of carbonyl (C=O) groups is 2. The number of Topliss-reactive ketones (excluding diaryl/α,β-unsaturated/α-hetero) is 1. The summed E-state index contributed by atoms with van der Waals surface area (Å²) in [5.41, 5.74) is 2.82. The summed E-state index contributed by atoms with van der Waals surface area (Å²) >= 11 is 6.52. The average molecular weight is 452 g/mol. The zero-order valence-corrected chi connectivity index (χ0v) is 19.2. The largest absolute Gasteiger partial charge is 0.448 e. The molecule has 1 fully saturated rings. The molecule has 2 aromatic heterocycles. The van der Waals surface area contributed by atoms with Crippen LogP contribution in [0.5, 0.6) is 0 Å². The van der Waals surface area contributed by atoms with Crippen LogP contribution < -0.4 is 5.32 Å². The highest BCUT2D eigenvalue weighted by molar-refractivity contribution is 6.31. The van der Waals surface area contributed by atoms with Crippen molar-refractivity contribution in [3.63, 3.8) is 0 Å². The van der Waals surface area contributed by atoms with Crippen molar-refractivity contribution < 1.29 is 14.0 Å². The Hall–Kier alpha value is -2.99. The second-order valence-electron chi connectivity index (χ2n) is 9.21. The number of hydrogen-bond acceptors (Lipinski definition) is 5. The molecule has 3 aromatic rings. The van der Waals surface area contributed by atoms with Gasteiger partial charge in [-0.25, -0.2) is 9.97 Å². The average Bonchev–Trinajstić information content (AvgIpc) is 3.48. The van der Waals surface area contributed by atoms with Gasteiger partial charge >= 0.3 is 0 Å². The highest BCUT2D eigenvalue weighted by Gasteiger charge is 2.29. The van der Waals surface area contributed by atoms with Crippen molar-refractivity contribution in [2.24, 2.45) is 5.92 Å². The fourth-order valence-electron chi connectivity index (χ4n) is 3.30. The van der Waals surface area contributed by atoms with Crippen LogP contribution in [0, 0.1) is 5.92 Å². The number of hydrogen-bond donors (Lipinski definition) is 1. The topological polar surface area (TPSA) is 85.1 Å². The molecule has 0 unspecified atom stereocenters. The maximum absolute atomic E-state index is 12.5. The van der Waals surface area contributed by atoms with E-state index in [4.69, 9.17) is 16.0 Å². The Morgan fingerprint density at radius 1 is 1.16 bits per heavy atom. The van der Waals surface area contributed by atoms with Gasteiger partial charge in [0.25, 0.3) is 0 Å². The maximum atomic E-state index is 12.5. The molecule has 2 heterocycles. The number of anilines is 1. The number of oxazole rings is 1. The molecule has 1 N–H and O–H groups in total. The summed E-state index contributed by atoms with van der Waals surface area (Å²) in [7, 11) is 0. The summed E-state index contributed by atoms with van der Waals surface area (Å²) in [4.78, 5) is 33.1. The molecule has 0 saturated heterocycles. The molecule has 1 aliphatic carbocycles. The lowest BCUT2D eigenvalue weighted by atomic mass is 9.97. The minimum Gasteiger partial charge on any atom is -0.448 e. The van der Waals surface area contributed by atoms with Crippen molar-refractivity contribution in [2.45, 2.75) is 51.9 Å². The van der Waals surface area contributed by atoms with E-state index in [1.807, 2.05) is 51.1 Å². The number of nitrogens with one attached hydrogen (secondary N) is 1. The number of carbonyl (C=O) groups excluding carboxylic acids is 2. The van der Waals surface area contributed by atoms with Crippen LogP contribution in [0.15, 0.2) is 47.2 Å². The van der Waals surface area contributed by atoms with E-state index in [2.05, 4.69) is 15.3 Å². The Morgan fingerprint density at radius 3 is 2.56 bits per heavy atom. The van der Waals surface area contributed by atoms with Crippen molar-refractivity contribution >= 4 is 29.1 Å². The zero-order valence-electron chi connectivity index (χ0n) is 18.4. The molecule has 0 spiro atoms. The molecular formula is C25H26ClN3O3. The molecule has 166 valence electrons. The van der Waals surface area contributed by atoms with Crippen molar-refractivity contribution in [1.82, 2.24) is 9.97 Å². The monoisotopic (exact) mass is 451 g/mol. The van der Waals surface area contributed by atoms with E-state index in [0.29, 0.717) is 35.3 Å². The SMILES string of the molecule is CC(C)(C)c1nc(C(=O)CCc2ccc(-c3ccnc(NC(=O)C4CC4)c3)cc2Cl)co1. The van der Waals surface area contributed by atoms with Gasteiger partial charge in [-0.2, -0.15) is 0 Å². The number of rotatable bonds is 7. The van der Waals surface area contributed by atoms with E-state index in [9.17, 15) is 9.59 Å². The molecule has 0 atom stereocenters. The Morgan fingerprint density at radius 2 is 1.91 bits per heavy atom. The second-order valence-corrected chi connectivity index (χ2v) is 9.62. The number of aryl methyl sites for hydroxylation is 1. The first-order chi connectivity index (χ1) is 15.2. The Kier molecular flexibility index (Phi) is 6.15. The predicted octanol–water partition coefficient (Wildman–Crippen LogP) is 5.85. The summed E-state index contributed by atoms with van der Waals surface area (Å²) in [5, 5.41) is 3.45. The van der Waals surface area contributed by atoms with Crippen LogP contribution in [0.4, 0.5) is 5.82 Å². The van der Waals surface area contributed by atoms with E-state index < -0.39 is 0 Å². The van der Waals surface area contributed by atoms with Crippen molar-refractivity contribution in [3.05, 3.63) is 65.0 Å². The standard InChI is InChI=1S/C25H26ClN3O3/c1-25(2,3)24-28-20(14-32-24)21(30)9-8-15-4-7-17(12-19(15)26)18-10-11-27-22(13-18)29-23(31)16-5-6-16/h4,7,10-14,16H,5-6,8-9H2,1-3H3,(H,27,29,31). The Labute approximate surface area is 192 Å². The minimum absolute atomic E-state index is 0.0226. The first-order valence-corrected chi connectivity index (χ1v) is 11.1. The van der Waals surface area contributed by atoms with Gasteiger partial charge in [0.1, 0.15) is 17.8 Å². The lowest BCUT2D eigenvalue weighted by molar-refractivity contribution is -0.117. The van der Waals surface area contributed by atoms with Gasteiger partial charge in [-0.3, -0.25) is 9.59 Å². The van der Waals surface area contributed by atoms with Crippen LogP contribution in [0.25, 0.3) is 11.1 Å². The molecule has 4 rings (SSSR count). The fraction of sp³-hybridized carbons (Fsp3) is 0.360. The first kappa shape index (κ1) is 22.2. The molecule has 0 radical (unpaired) electrons. The quantitative estimate of drug-likeness (QED) is 0.455. The summed E-state index contributed by atoms with van der Waals surface area (Å²) in [5.74, 6) is 1.15. The minimum atomic E-state index is -0.245. The van der Waals surface area contributed by atoms with Crippen molar-refractivity contribution in [2.75, 3.05) is 5.32 Å². The first-order valence-electron chi connectivity index (χ1n) is 10.8. The van der Waals surface area contributed by atoms with Gasteiger partial charge in [-0.1, -0.05) is 44.5 Å². The number of amides is 1. The highest BCUT2D eigenvalue weighted by Crippen LogP contribution is 2.31. The number of halogens is 1. The molecule has 0 bridgehead atoms.